The van der Waals surface area contributed by atoms with E-state index in [9.17, 15) is 9.18 Å². The van der Waals surface area contributed by atoms with E-state index in [0.29, 0.717) is 12.6 Å². The number of carboxylic acid groups (broad SMARTS) is 1. The van der Waals surface area contributed by atoms with Crippen LogP contribution in [0.1, 0.15) is 56.0 Å². The van der Waals surface area contributed by atoms with Crippen molar-refractivity contribution in [3.8, 4) is 0 Å². The molecule has 0 saturated heterocycles. The van der Waals surface area contributed by atoms with Crippen LogP contribution >= 0.6 is 0 Å². The molecule has 1 rings (SSSR count). The minimum absolute atomic E-state index is 0.248. The topological polar surface area (TPSA) is 40.5 Å². The van der Waals surface area contributed by atoms with E-state index in [1.807, 2.05) is 0 Å². The number of unbranched alkanes of at least 4 members (excludes halogenated alkanes) is 1. The van der Waals surface area contributed by atoms with Crippen LogP contribution in [0.2, 0.25) is 0 Å². The van der Waals surface area contributed by atoms with Gasteiger partial charge in [0.05, 0.1) is 5.56 Å². The first-order chi connectivity index (χ1) is 9.49. The Morgan fingerprint density at radius 3 is 2.65 bits per heavy atom. The molecule has 0 aromatic heterocycles. The lowest BCUT2D eigenvalue weighted by Gasteiger charge is -2.28. The molecule has 0 aliphatic rings. The SMILES string of the molecule is CCCCN(Cc1ccc(F)c(C(=O)O)c1)C(C)CC. The molecular formula is C16H24FNO2. The van der Waals surface area contributed by atoms with Crippen LogP contribution in [0, 0.1) is 5.82 Å². The lowest BCUT2D eigenvalue weighted by Crippen LogP contribution is -2.33. The highest BCUT2D eigenvalue weighted by Gasteiger charge is 2.15. The van der Waals surface area contributed by atoms with E-state index >= 15 is 0 Å². The van der Waals surface area contributed by atoms with Crippen LogP contribution < -0.4 is 0 Å². The Kier molecular flexibility index (Phi) is 6.65. The largest absolute Gasteiger partial charge is 0.478 e. The number of benzene rings is 1. The van der Waals surface area contributed by atoms with Gasteiger partial charge in [-0.1, -0.05) is 26.3 Å². The molecule has 1 N–H and O–H groups in total. The molecular weight excluding hydrogens is 257 g/mol. The molecule has 3 nitrogen and oxygen atoms in total. The van der Waals surface area contributed by atoms with Crippen LogP contribution in [0.4, 0.5) is 4.39 Å². The Morgan fingerprint density at radius 2 is 2.10 bits per heavy atom. The molecule has 0 aliphatic carbocycles. The molecule has 0 radical (unpaired) electrons. The van der Waals surface area contributed by atoms with Crippen molar-refractivity contribution < 1.29 is 14.3 Å². The van der Waals surface area contributed by atoms with Gasteiger partial charge in [-0.2, -0.15) is 0 Å². The van der Waals surface area contributed by atoms with Crippen LogP contribution in [-0.4, -0.2) is 28.6 Å². The van der Waals surface area contributed by atoms with Crippen molar-refractivity contribution in [3.63, 3.8) is 0 Å². The van der Waals surface area contributed by atoms with Gasteiger partial charge in [-0.15, -0.1) is 0 Å². The Morgan fingerprint density at radius 1 is 1.40 bits per heavy atom. The molecule has 20 heavy (non-hydrogen) atoms. The summed E-state index contributed by atoms with van der Waals surface area (Å²) < 4.78 is 13.4. The van der Waals surface area contributed by atoms with E-state index in [1.54, 1.807) is 6.07 Å². The van der Waals surface area contributed by atoms with E-state index in [-0.39, 0.29) is 5.56 Å². The van der Waals surface area contributed by atoms with E-state index in [4.69, 9.17) is 5.11 Å². The van der Waals surface area contributed by atoms with E-state index in [1.165, 1.54) is 12.1 Å². The van der Waals surface area contributed by atoms with Crippen molar-refractivity contribution in [1.82, 2.24) is 4.90 Å². The lowest BCUT2D eigenvalue weighted by molar-refractivity contribution is 0.0691. The molecule has 0 amide bonds. The number of nitrogens with zero attached hydrogens (tertiary/aromatic N) is 1. The molecule has 1 aromatic rings. The maximum absolute atomic E-state index is 13.4. The quantitative estimate of drug-likeness (QED) is 0.785. The molecule has 1 unspecified atom stereocenters. The molecule has 0 aliphatic heterocycles. The van der Waals surface area contributed by atoms with Crippen molar-refractivity contribution in [2.75, 3.05) is 6.54 Å². The summed E-state index contributed by atoms with van der Waals surface area (Å²) in [6.45, 7) is 8.09. The summed E-state index contributed by atoms with van der Waals surface area (Å²) in [6, 6.07) is 4.79. The van der Waals surface area contributed by atoms with Crippen LogP contribution in [0.3, 0.4) is 0 Å². The summed E-state index contributed by atoms with van der Waals surface area (Å²) in [5.41, 5.74) is 0.599. The Hall–Kier alpha value is -1.42. The highest BCUT2D eigenvalue weighted by atomic mass is 19.1. The first kappa shape index (κ1) is 16.6. The zero-order chi connectivity index (χ0) is 15.1. The van der Waals surface area contributed by atoms with Crippen molar-refractivity contribution >= 4 is 5.97 Å². The summed E-state index contributed by atoms with van der Waals surface area (Å²) in [4.78, 5) is 13.3. The van der Waals surface area contributed by atoms with E-state index < -0.39 is 11.8 Å². The molecule has 0 heterocycles. The maximum atomic E-state index is 13.4. The Labute approximate surface area is 120 Å². The summed E-state index contributed by atoms with van der Waals surface area (Å²) in [7, 11) is 0. The van der Waals surface area contributed by atoms with Crippen molar-refractivity contribution in [2.24, 2.45) is 0 Å². The van der Waals surface area contributed by atoms with Gasteiger partial charge < -0.3 is 5.11 Å². The van der Waals surface area contributed by atoms with Crippen molar-refractivity contribution in [2.45, 2.75) is 52.6 Å². The number of carboxylic acids is 1. The maximum Gasteiger partial charge on any atom is 0.338 e. The first-order valence-electron chi connectivity index (χ1n) is 7.25. The third kappa shape index (κ3) is 4.60. The van der Waals surface area contributed by atoms with Gasteiger partial charge in [0.15, 0.2) is 0 Å². The average molecular weight is 281 g/mol. The van der Waals surface area contributed by atoms with Gasteiger partial charge in [-0.05, 0) is 44.0 Å². The second-order valence-corrected chi connectivity index (χ2v) is 5.20. The number of hydrogen-bond acceptors (Lipinski definition) is 2. The Balaban J connectivity index is 2.87. The minimum atomic E-state index is -1.21. The lowest BCUT2D eigenvalue weighted by atomic mass is 10.1. The highest BCUT2D eigenvalue weighted by Crippen LogP contribution is 2.15. The molecule has 112 valence electrons. The fourth-order valence-electron chi connectivity index (χ4n) is 2.14. The predicted molar refractivity (Wildman–Crippen MR) is 78.4 cm³/mol. The summed E-state index contributed by atoms with van der Waals surface area (Å²) >= 11 is 0. The molecule has 1 aromatic carbocycles. The van der Waals surface area contributed by atoms with E-state index in [2.05, 4.69) is 25.7 Å². The molecule has 0 saturated carbocycles. The Bertz CT molecular complexity index is 448. The van der Waals surface area contributed by atoms with Crippen LogP contribution in [0.15, 0.2) is 18.2 Å². The van der Waals surface area contributed by atoms with Crippen molar-refractivity contribution in [1.29, 1.82) is 0 Å². The second-order valence-electron chi connectivity index (χ2n) is 5.20. The second kappa shape index (κ2) is 8.00. The van der Waals surface area contributed by atoms with Crippen LogP contribution in [0.25, 0.3) is 0 Å². The highest BCUT2D eigenvalue weighted by molar-refractivity contribution is 5.88. The van der Waals surface area contributed by atoms with Gasteiger partial charge in [0.1, 0.15) is 5.82 Å². The van der Waals surface area contributed by atoms with Crippen LogP contribution in [0.5, 0.6) is 0 Å². The smallest absolute Gasteiger partial charge is 0.338 e. The monoisotopic (exact) mass is 281 g/mol. The fraction of sp³-hybridized carbons (Fsp3) is 0.562. The first-order valence-corrected chi connectivity index (χ1v) is 7.25. The van der Waals surface area contributed by atoms with Gasteiger partial charge in [0.25, 0.3) is 0 Å². The average Bonchev–Trinajstić information content (AvgIpc) is 2.43. The third-order valence-electron chi connectivity index (χ3n) is 3.66. The van der Waals surface area contributed by atoms with Gasteiger partial charge in [-0.3, -0.25) is 4.90 Å². The third-order valence-corrected chi connectivity index (χ3v) is 3.66. The summed E-state index contributed by atoms with van der Waals surface area (Å²) in [5.74, 6) is -1.89. The van der Waals surface area contributed by atoms with Gasteiger partial charge in [0.2, 0.25) is 0 Å². The zero-order valence-corrected chi connectivity index (χ0v) is 12.5. The number of hydrogen-bond donors (Lipinski definition) is 1. The molecule has 0 bridgehead atoms. The van der Waals surface area contributed by atoms with Gasteiger partial charge in [-0.25, -0.2) is 9.18 Å². The van der Waals surface area contributed by atoms with Gasteiger partial charge in [0, 0.05) is 12.6 Å². The standard InChI is InChI=1S/C16H24FNO2/c1-4-6-9-18(12(3)5-2)11-13-7-8-15(17)14(10-13)16(19)20/h7-8,10,12H,4-6,9,11H2,1-3H3,(H,19,20). The zero-order valence-electron chi connectivity index (χ0n) is 12.5. The normalized spacial score (nSPS) is 12.7. The molecule has 0 fully saturated rings. The number of carbonyl (C=O) groups is 1. The minimum Gasteiger partial charge on any atom is -0.478 e. The number of halogens is 1. The summed E-state index contributed by atoms with van der Waals surface area (Å²) in [5, 5.41) is 8.97. The fourth-order valence-corrected chi connectivity index (χ4v) is 2.14. The molecule has 1 atom stereocenters. The molecule has 4 heteroatoms. The van der Waals surface area contributed by atoms with Crippen LogP contribution in [-0.2, 0) is 6.54 Å². The number of rotatable bonds is 8. The summed E-state index contributed by atoms with van der Waals surface area (Å²) in [6.07, 6.45) is 3.27. The van der Waals surface area contributed by atoms with Crippen molar-refractivity contribution in [3.05, 3.63) is 35.1 Å². The van der Waals surface area contributed by atoms with Gasteiger partial charge >= 0.3 is 5.97 Å². The number of aromatic carboxylic acids is 1. The predicted octanol–water partition coefficient (Wildman–Crippen LogP) is 3.92. The molecule has 0 spiro atoms. The van der Waals surface area contributed by atoms with E-state index in [0.717, 1.165) is 31.4 Å².